The number of benzene rings is 1. The molecule has 1 unspecified atom stereocenters. The molecule has 0 amide bonds. The fraction of sp³-hybridized carbons (Fsp3) is 0.400. The zero-order chi connectivity index (χ0) is 13.9. The van der Waals surface area contributed by atoms with Gasteiger partial charge in [-0.2, -0.15) is 0 Å². The Balaban J connectivity index is 2.13. The van der Waals surface area contributed by atoms with Crippen LogP contribution in [0.15, 0.2) is 36.7 Å². The van der Waals surface area contributed by atoms with Crippen LogP contribution in [0.4, 0.5) is 4.39 Å². The van der Waals surface area contributed by atoms with Gasteiger partial charge in [0.05, 0.1) is 0 Å². The van der Waals surface area contributed by atoms with Crippen LogP contribution in [0.25, 0.3) is 0 Å². The van der Waals surface area contributed by atoms with Crippen molar-refractivity contribution in [2.75, 3.05) is 0 Å². The molecule has 0 spiro atoms. The van der Waals surface area contributed by atoms with Gasteiger partial charge in [0.2, 0.25) is 0 Å². The van der Waals surface area contributed by atoms with Crippen LogP contribution in [0.1, 0.15) is 25.2 Å². The highest BCUT2D eigenvalue weighted by Gasteiger charge is 2.23. The number of aryl methyl sites for hydroxylation is 1. The Hall–Kier alpha value is -1.68. The average molecular weight is 261 g/mol. The van der Waals surface area contributed by atoms with Gasteiger partial charge < -0.3 is 10.3 Å². The van der Waals surface area contributed by atoms with Crippen molar-refractivity contribution in [3.63, 3.8) is 0 Å². The normalized spacial score (nSPS) is 14.3. The van der Waals surface area contributed by atoms with Gasteiger partial charge in [-0.3, -0.25) is 0 Å². The van der Waals surface area contributed by atoms with E-state index in [1.165, 1.54) is 6.07 Å². The first-order valence-corrected chi connectivity index (χ1v) is 6.54. The van der Waals surface area contributed by atoms with Gasteiger partial charge in [-0.05, 0) is 31.9 Å². The summed E-state index contributed by atoms with van der Waals surface area (Å²) in [5.41, 5.74) is 6.45. The molecule has 0 radical (unpaired) electrons. The van der Waals surface area contributed by atoms with Crippen LogP contribution in [-0.4, -0.2) is 15.1 Å². The molecule has 3 nitrogen and oxygen atoms in total. The fourth-order valence-electron chi connectivity index (χ4n) is 2.30. The number of imidazole rings is 1. The molecule has 102 valence electrons. The van der Waals surface area contributed by atoms with E-state index in [-0.39, 0.29) is 5.82 Å². The molecular formula is C15H20FN3. The second kappa shape index (κ2) is 5.53. The number of nitrogens with two attached hydrogens (primary N) is 1. The van der Waals surface area contributed by atoms with Gasteiger partial charge in [0.1, 0.15) is 11.6 Å². The lowest BCUT2D eigenvalue weighted by molar-refractivity contribution is 0.433. The Labute approximate surface area is 113 Å². The van der Waals surface area contributed by atoms with Gasteiger partial charge in [-0.15, -0.1) is 0 Å². The molecule has 4 heteroatoms. The van der Waals surface area contributed by atoms with E-state index in [4.69, 9.17) is 5.73 Å². The largest absolute Gasteiger partial charge is 0.335 e. The molecule has 0 aliphatic carbocycles. The number of halogens is 1. The first kappa shape index (κ1) is 13.7. The highest BCUT2D eigenvalue weighted by Crippen LogP contribution is 2.18. The van der Waals surface area contributed by atoms with Crippen molar-refractivity contribution in [1.29, 1.82) is 0 Å². The minimum Gasteiger partial charge on any atom is -0.335 e. The van der Waals surface area contributed by atoms with Crippen LogP contribution in [0.2, 0.25) is 0 Å². The molecule has 0 saturated carbocycles. The van der Waals surface area contributed by atoms with Crippen molar-refractivity contribution < 1.29 is 4.39 Å². The van der Waals surface area contributed by atoms with Crippen molar-refractivity contribution in [3.8, 4) is 0 Å². The van der Waals surface area contributed by atoms with Crippen LogP contribution in [0.5, 0.6) is 0 Å². The van der Waals surface area contributed by atoms with Crippen molar-refractivity contribution in [3.05, 3.63) is 53.9 Å². The third-order valence-electron chi connectivity index (χ3n) is 3.26. The molecule has 1 heterocycles. The standard InChI is InChI=1S/C15H20FN3/c1-3-19-9-8-18-14(19)11-15(2,17)10-12-6-4-5-7-13(12)16/h4-9H,3,10-11,17H2,1-2H3. The van der Waals surface area contributed by atoms with E-state index in [0.717, 1.165) is 12.4 Å². The Morgan fingerprint density at radius 3 is 2.74 bits per heavy atom. The molecule has 2 N–H and O–H groups in total. The monoisotopic (exact) mass is 261 g/mol. The predicted molar refractivity (Wildman–Crippen MR) is 74.3 cm³/mol. The molecule has 0 fully saturated rings. The highest BCUT2D eigenvalue weighted by atomic mass is 19.1. The van der Waals surface area contributed by atoms with Crippen LogP contribution < -0.4 is 5.73 Å². The van der Waals surface area contributed by atoms with Gasteiger partial charge in [0, 0.05) is 30.9 Å². The number of aromatic nitrogens is 2. The van der Waals surface area contributed by atoms with E-state index in [2.05, 4.69) is 16.5 Å². The topological polar surface area (TPSA) is 43.8 Å². The molecule has 0 aliphatic heterocycles. The number of hydrogen-bond donors (Lipinski definition) is 1. The van der Waals surface area contributed by atoms with E-state index in [1.807, 2.05) is 19.2 Å². The van der Waals surface area contributed by atoms with E-state index in [0.29, 0.717) is 18.4 Å². The lowest BCUT2D eigenvalue weighted by atomic mass is 9.90. The van der Waals surface area contributed by atoms with Gasteiger partial charge in [0.15, 0.2) is 0 Å². The lowest BCUT2D eigenvalue weighted by Gasteiger charge is -2.25. The number of nitrogens with zero attached hydrogens (tertiary/aromatic N) is 2. The molecule has 0 bridgehead atoms. The molecule has 19 heavy (non-hydrogen) atoms. The Kier molecular flexibility index (Phi) is 4.00. The summed E-state index contributed by atoms with van der Waals surface area (Å²) in [6, 6.07) is 6.78. The second-order valence-corrected chi connectivity index (χ2v) is 5.23. The summed E-state index contributed by atoms with van der Waals surface area (Å²) in [5, 5.41) is 0. The van der Waals surface area contributed by atoms with Crippen LogP contribution in [0, 0.1) is 5.82 Å². The molecular weight excluding hydrogens is 241 g/mol. The van der Waals surface area contributed by atoms with E-state index < -0.39 is 5.54 Å². The van der Waals surface area contributed by atoms with Crippen LogP contribution in [-0.2, 0) is 19.4 Å². The Morgan fingerprint density at radius 2 is 2.05 bits per heavy atom. The maximum Gasteiger partial charge on any atom is 0.126 e. The molecule has 1 atom stereocenters. The van der Waals surface area contributed by atoms with Gasteiger partial charge in [-0.1, -0.05) is 18.2 Å². The molecule has 1 aromatic carbocycles. The Morgan fingerprint density at radius 1 is 1.32 bits per heavy atom. The quantitative estimate of drug-likeness (QED) is 0.899. The number of hydrogen-bond acceptors (Lipinski definition) is 2. The maximum absolute atomic E-state index is 13.7. The number of rotatable bonds is 5. The summed E-state index contributed by atoms with van der Waals surface area (Å²) >= 11 is 0. The summed E-state index contributed by atoms with van der Waals surface area (Å²) in [4.78, 5) is 4.33. The van der Waals surface area contributed by atoms with Crippen LogP contribution in [0.3, 0.4) is 0 Å². The molecule has 0 aliphatic rings. The molecule has 1 aromatic heterocycles. The fourth-order valence-corrected chi connectivity index (χ4v) is 2.30. The van der Waals surface area contributed by atoms with Crippen molar-refractivity contribution >= 4 is 0 Å². The minimum atomic E-state index is -0.513. The summed E-state index contributed by atoms with van der Waals surface area (Å²) in [6.45, 7) is 4.87. The maximum atomic E-state index is 13.7. The molecule has 2 rings (SSSR count). The van der Waals surface area contributed by atoms with Gasteiger partial charge in [0.25, 0.3) is 0 Å². The minimum absolute atomic E-state index is 0.196. The van der Waals surface area contributed by atoms with E-state index in [1.54, 1.807) is 18.3 Å². The zero-order valence-corrected chi connectivity index (χ0v) is 11.4. The molecule has 2 aromatic rings. The SMILES string of the molecule is CCn1ccnc1CC(C)(N)Cc1ccccc1F. The molecule has 0 saturated heterocycles. The smallest absolute Gasteiger partial charge is 0.126 e. The summed E-state index contributed by atoms with van der Waals surface area (Å²) < 4.78 is 15.7. The summed E-state index contributed by atoms with van der Waals surface area (Å²) in [6.07, 6.45) is 4.84. The van der Waals surface area contributed by atoms with E-state index >= 15 is 0 Å². The third kappa shape index (κ3) is 3.41. The van der Waals surface area contributed by atoms with Gasteiger partial charge in [-0.25, -0.2) is 9.37 Å². The van der Waals surface area contributed by atoms with E-state index in [9.17, 15) is 4.39 Å². The second-order valence-electron chi connectivity index (χ2n) is 5.23. The highest BCUT2D eigenvalue weighted by molar-refractivity contribution is 5.20. The van der Waals surface area contributed by atoms with Crippen molar-refractivity contribution in [2.24, 2.45) is 5.73 Å². The van der Waals surface area contributed by atoms with Crippen molar-refractivity contribution in [2.45, 2.75) is 38.8 Å². The third-order valence-corrected chi connectivity index (χ3v) is 3.26. The first-order valence-electron chi connectivity index (χ1n) is 6.54. The van der Waals surface area contributed by atoms with Gasteiger partial charge >= 0.3 is 0 Å². The predicted octanol–water partition coefficient (Wildman–Crippen LogP) is 2.54. The summed E-state index contributed by atoms with van der Waals surface area (Å²) in [7, 11) is 0. The first-order chi connectivity index (χ1) is 9.02. The average Bonchev–Trinajstić information content (AvgIpc) is 2.78. The Bertz CT molecular complexity index is 546. The van der Waals surface area contributed by atoms with Crippen LogP contribution >= 0.6 is 0 Å². The van der Waals surface area contributed by atoms with Crippen molar-refractivity contribution in [1.82, 2.24) is 9.55 Å². The zero-order valence-electron chi connectivity index (χ0n) is 11.4. The summed E-state index contributed by atoms with van der Waals surface area (Å²) in [5.74, 6) is 0.752. The lowest BCUT2D eigenvalue weighted by Crippen LogP contribution is -2.42.